The molecule has 0 saturated heterocycles. The lowest BCUT2D eigenvalue weighted by Crippen LogP contribution is -1.79. The molecule has 1 heteroatoms. The van der Waals surface area contributed by atoms with Gasteiger partial charge in [0.15, 0.2) is 0 Å². The average molecular weight is 189 g/mol. The van der Waals surface area contributed by atoms with Crippen LogP contribution in [0.15, 0.2) is 59.7 Å². The highest BCUT2D eigenvalue weighted by Crippen LogP contribution is 2.33. The maximum absolute atomic E-state index is 6.08. The van der Waals surface area contributed by atoms with Crippen LogP contribution in [-0.4, -0.2) is 0 Å². The molecule has 0 amide bonds. The molecule has 0 radical (unpaired) electrons. The molecule has 1 aromatic carbocycles. The Morgan fingerprint density at radius 1 is 1.00 bits per heavy atom. The van der Waals surface area contributed by atoms with Crippen molar-refractivity contribution in [1.29, 1.82) is 0 Å². The van der Waals surface area contributed by atoms with E-state index in [0.29, 0.717) is 0 Å². The summed E-state index contributed by atoms with van der Waals surface area (Å²) in [7, 11) is 0. The minimum absolute atomic E-state index is 0.756. The molecule has 0 bridgehead atoms. The van der Waals surface area contributed by atoms with E-state index in [1.54, 1.807) is 0 Å². The molecule has 0 spiro atoms. The van der Waals surface area contributed by atoms with Crippen LogP contribution >= 0.6 is 11.6 Å². The van der Waals surface area contributed by atoms with E-state index < -0.39 is 0 Å². The topological polar surface area (TPSA) is 0 Å². The molecule has 0 atom stereocenters. The van der Waals surface area contributed by atoms with E-state index in [2.05, 4.69) is 6.58 Å². The fourth-order valence-electron chi connectivity index (χ4n) is 1.34. The summed E-state index contributed by atoms with van der Waals surface area (Å²) < 4.78 is 0. The van der Waals surface area contributed by atoms with Gasteiger partial charge >= 0.3 is 0 Å². The second kappa shape index (κ2) is 3.23. The minimum Gasteiger partial charge on any atom is -0.0902 e. The van der Waals surface area contributed by atoms with Crippen LogP contribution in [0.4, 0.5) is 0 Å². The summed E-state index contributed by atoms with van der Waals surface area (Å²) in [5.74, 6) is 0. The maximum Gasteiger partial charge on any atom is 0.0550 e. The molecule has 0 saturated carbocycles. The largest absolute Gasteiger partial charge is 0.0902 e. The Bertz CT molecular complexity index is 396. The summed E-state index contributed by atoms with van der Waals surface area (Å²) in [4.78, 5) is 0. The van der Waals surface area contributed by atoms with E-state index in [0.717, 1.165) is 21.7 Å². The Morgan fingerprint density at radius 2 is 1.69 bits per heavy atom. The quantitative estimate of drug-likeness (QED) is 0.630. The normalized spacial score (nSPS) is 15.6. The number of allylic oxidation sites excluding steroid dienone is 5. The summed E-state index contributed by atoms with van der Waals surface area (Å²) in [5.41, 5.74) is 3.09. The Labute approximate surface area is 82.8 Å². The van der Waals surface area contributed by atoms with Gasteiger partial charge in [-0.05, 0) is 11.1 Å². The second-order valence-electron chi connectivity index (χ2n) is 2.95. The predicted octanol–water partition coefficient (Wildman–Crippen LogP) is 3.76. The highest BCUT2D eigenvalue weighted by Gasteiger charge is 2.11. The molecule has 0 aliphatic heterocycles. The first-order chi connectivity index (χ1) is 6.29. The second-order valence-corrected chi connectivity index (χ2v) is 3.33. The van der Waals surface area contributed by atoms with Crippen LogP contribution < -0.4 is 0 Å². The van der Waals surface area contributed by atoms with Crippen LogP contribution in [-0.2, 0) is 0 Å². The van der Waals surface area contributed by atoms with Crippen molar-refractivity contribution in [1.82, 2.24) is 0 Å². The SMILES string of the molecule is C=C1C=CC(c2ccccc2)=C1Cl. The van der Waals surface area contributed by atoms with Crippen molar-refractivity contribution in [2.75, 3.05) is 0 Å². The van der Waals surface area contributed by atoms with Gasteiger partial charge in [0.2, 0.25) is 0 Å². The van der Waals surface area contributed by atoms with Gasteiger partial charge in [-0.15, -0.1) is 0 Å². The number of hydrogen-bond donors (Lipinski definition) is 0. The Balaban J connectivity index is 2.50. The van der Waals surface area contributed by atoms with Crippen LogP contribution in [0.25, 0.3) is 5.57 Å². The summed E-state index contributed by atoms with van der Waals surface area (Å²) in [6, 6.07) is 10.1. The molecule has 1 aliphatic carbocycles. The lowest BCUT2D eigenvalue weighted by Gasteiger charge is -2.00. The standard InChI is InChI=1S/C12H9Cl/c1-9-7-8-11(12(9)13)10-5-3-2-4-6-10/h2-8H,1H2. The van der Waals surface area contributed by atoms with Crippen molar-refractivity contribution >= 4 is 17.2 Å². The van der Waals surface area contributed by atoms with Crippen LogP contribution in [0.3, 0.4) is 0 Å². The highest BCUT2D eigenvalue weighted by molar-refractivity contribution is 6.36. The van der Waals surface area contributed by atoms with Crippen LogP contribution in [0, 0.1) is 0 Å². The Morgan fingerprint density at radius 3 is 2.23 bits per heavy atom. The summed E-state index contributed by atoms with van der Waals surface area (Å²) >= 11 is 6.08. The van der Waals surface area contributed by atoms with Gasteiger partial charge in [-0.2, -0.15) is 0 Å². The third-order valence-corrected chi connectivity index (χ3v) is 2.50. The number of hydrogen-bond acceptors (Lipinski definition) is 0. The average Bonchev–Trinajstić information content (AvgIpc) is 2.49. The molecule has 0 aromatic heterocycles. The number of halogens is 1. The first kappa shape index (κ1) is 8.33. The minimum atomic E-state index is 0.756. The van der Waals surface area contributed by atoms with Gasteiger partial charge in [0.1, 0.15) is 0 Å². The molecule has 64 valence electrons. The highest BCUT2D eigenvalue weighted by atomic mass is 35.5. The van der Waals surface area contributed by atoms with Gasteiger partial charge in [0, 0.05) is 5.57 Å². The number of rotatable bonds is 1. The molecule has 1 aromatic rings. The van der Waals surface area contributed by atoms with Crippen LogP contribution in [0.5, 0.6) is 0 Å². The molecular weight excluding hydrogens is 180 g/mol. The first-order valence-corrected chi connectivity index (χ1v) is 4.49. The van der Waals surface area contributed by atoms with E-state index in [4.69, 9.17) is 11.6 Å². The third kappa shape index (κ3) is 1.45. The van der Waals surface area contributed by atoms with Crippen molar-refractivity contribution in [3.8, 4) is 0 Å². The van der Waals surface area contributed by atoms with Crippen molar-refractivity contribution in [3.63, 3.8) is 0 Å². The molecule has 2 rings (SSSR count). The zero-order valence-corrected chi connectivity index (χ0v) is 7.88. The fourth-order valence-corrected chi connectivity index (χ4v) is 1.58. The van der Waals surface area contributed by atoms with Gasteiger partial charge < -0.3 is 0 Å². The van der Waals surface area contributed by atoms with Gasteiger partial charge in [-0.25, -0.2) is 0 Å². The van der Waals surface area contributed by atoms with E-state index in [1.807, 2.05) is 42.5 Å². The zero-order chi connectivity index (χ0) is 9.26. The van der Waals surface area contributed by atoms with Crippen molar-refractivity contribution in [2.24, 2.45) is 0 Å². The molecule has 0 unspecified atom stereocenters. The lowest BCUT2D eigenvalue weighted by atomic mass is 10.1. The van der Waals surface area contributed by atoms with Gasteiger partial charge in [0.25, 0.3) is 0 Å². The lowest BCUT2D eigenvalue weighted by molar-refractivity contribution is 1.62. The van der Waals surface area contributed by atoms with Crippen molar-refractivity contribution < 1.29 is 0 Å². The van der Waals surface area contributed by atoms with E-state index in [-0.39, 0.29) is 0 Å². The fraction of sp³-hybridized carbons (Fsp3) is 0. The van der Waals surface area contributed by atoms with Crippen LogP contribution in [0.1, 0.15) is 5.56 Å². The van der Waals surface area contributed by atoms with E-state index in [1.165, 1.54) is 0 Å². The van der Waals surface area contributed by atoms with E-state index >= 15 is 0 Å². The molecular formula is C12H9Cl. The van der Waals surface area contributed by atoms with Gasteiger partial charge in [0.05, 0.1) is 5.03 Å². The van der Waals surface area contributed by atoms with Crippen LogP contribution in [0.2, 0.25) is 0 Å². The van der Waals surface area contributed by atoms with E-state index in [9.17, 15) is 0 Å². The molecule has 13 heavy (non-hydrogen) atoms. The number of benzene rings is 1. The Hall–Kier alpha value is -1.27. The summed E-state index contributed by atoms with van der Waals surface area (Å²) in [6.07, 6.45) is 3.94. The summed E-state index contributed by atoms with van der Waals surface area (Å²) in [6.45, 7) is 3.83. The molecule has 0 N–H and O–H groups in total. The molecule has 0 fully saturated rings. The first-order valence-electron chi connectivity index (χ1n) is 4.11. The van der Waals surface area contributed by atoms with Crippen molar-refractivity contribution in [3.05, 3.63) is 65.2 Å². The third-order valence-electron chi connectivity index (χ3n) is 2.05. The van der Waals surface area contributed by atoms with Gasteiger partial charge in [-0.1, -0.05) is 60.7 Å². The molecule has 1 aliphatic rings. The van der Waals surface area contributed by atoms with Crippen molar-refractivity contribution in [2.45, 2.75) is 0 Å². The predicted molar refractivity (Wildman–Crippen MR) is 57.5 cm³/mol. The molecule has 0 heterocycles. The maximum atomic E-state index is 6.08. The zero-order valence-electron chi connectivity index (χ0n) is 7.13. The van der Waals surface area contributed by atoms with Gasteiger partial charge in [-0.3, -0.25) is 0 Å². The molecule has 0 nitrogen and oxygen atoms in total. The smallest absolute Gasteiger partial charge is 0.0550 e. The summed E-state index contributed by atoms with van der Waals surface area (Å²) in [5, 5.41) is 0.756. The Kier molecular flexibility index (Phi) is 2.07. The monoisotopic (exact) mass is 188 g/mol.